The lowest BCUT2D eigenvalue weighted by atomic mass is 9.96. The van der Waals surface area contributed by atoms with Gasteiger partial charge in [0.2, 0.25) is 0 Å². The van der Waals surface area contributed by atoms with Crippen molar-refractivity contribution in [2.75, 3.05) is 6.54 Å². The molecule has 7 nitrogen and oxygen atoms in total. The third kappa shape index (κ3) is 3.46. The summed E-state index contributed by atoms with van der Waals surface area (Å²) in [5, 5.41) is 8.39. The molecule has 0 radical (unpaired) electrons. The summed E-state index contributed by atoms with van der Waals surface area (Å²) in [6.45, 7) is 4.28. The van der Waals surface area contributed by atoms with Gasteiger partial charge in [-0.05, 0) is 56.5 Å². The van der Waals surface area contributed by atoms with Gasteiger partial charge in [0.05, 0.1) is 40.1 Å². The number of nitrogens with zero attached hydrogens (tertiary/aromatic N) is 5. The average molecular weight is 454 g/mol. The van der Waals surface area contributed by atoms with Crippen LogP contribution in [0.1, 0.15) is 47.1 Å². The number of aromatic amines is 1. The van der Waals surface area contributed by atoms with Gasteiger partial charge in [-0.25, -0.2) is 4.98 Å². The molecule has 5 rings (SSSR count). The molecule has 0 aliphatic carbocycles. The molecule has 1 unspecified atom stereocenters. The van der Waals surface area contributed by atoms with E-state index in [-0.39, 0.29) is 11.4 Å². The molecule has 0 spiro atoms. The molecule has 4 aromatic rings. The number of imidazole rings is 1. The molecular formula is C23H21F3N6O. The largest absolute Gasteiger partial charge is 0.416 e. The summed E-state index contributed by atoms with van der Waals surface area (Å²) in [6.07, 6.45) is 0.0233. The van der Waals surface area contributed by atoms with E-state index in [1.807, 2.05) is 26.0 Å². The number of para-hydroxylation sites is 1. The number of aromatic nitrogens is 5. The predicted molar refractivity (Wildman–Crippen MR) is 115 cm³/mol. The number of carbonyl (C=O) groups excluding carboxylic acids is 1. The van der Waals surface area contributed by atoms with Crippen molar-refractivity contribution in [1.29, 1.82) is 0 Å². The van der Waals surface area contributed by atoms with Crippen molar-refractivity contribution in [2.45, 2.75) is 38.4 Å². The number of amides is 1. The Morgan fingerprint density at radius 2 is 1.91 bits per heavy atom. The number of nitrogens with one attached hydrogen (secondary N) is 1. The normalized spacial score (nSPS) is 18.9. The zero-order chi connectivity index (χ0) is 23.4. The molecule has 1 aliphatic heterocycles. The van der Waals surface area contributed by atoms with Crippen LogP contribution in [0.3, 0.4) is 0 Å². The monoisotopic (exact) mass is 454 g/mol. The van der Waals surface area contributed by atoms with Crippen LogP contribution < -0.4 is 0 Å². The van der Waals surface area contributed by atoms with Crippen LogP contribution in [0.5, 0.6) is 0 Å². The zero-order valence-corrected chi connectivity index (χ0v) is 18.0. The number of halogens is 3. The van der Waals surface area contributed by atoms with E-state index in [0.717, 1.165) is 24.1 Å². The molecule has 2 aromatic carbocycles. The molecule has 2 aromatic heterocycles. The van der Waals surface area contributed by atoms with Gasteiger partial charge >= 0.3 is 6.18 Å². The lowest BCUT2D eigenvalue weighted by Gasteiger charge is -2.34. The summed E-state index contributed by atoms with van der Waals surface area (Å²) >= 11 is 0. The van der Waals surface area contributed by atoms with Crippen LogP contribution in [-0.2, 0) is 11.7 Å². The topological polar surface area (TPSA) is 79.7 Å². The maximum Gasteiger partial charge on any atom is 0.416 e. The number of likely N-dealkylation sites (tertiary alicyclic amines) is 1. The molecule has 1 N–H and O–H groups in total. The summed E-state index contributed by atoms with van der Waals surface area (Å²) in [5.41, 5.74) is 1.07. The Hall–Kier alpha value is -3.69. The van der Waals surface area contributed by atoms with Crippen molar-refractivity contribution >= 4 is 16.9 Å². The van der Waals surface area contributed by atoms with Crippen molar-refractivity contribution in [3.63, 3.8) is 0 Å². The fraction of sp³-hybridized carbons (Fsp3) is 0.304. The van der Waals surface area contributed by atoms with Gasteiger partial charge in [0, 0.05) is 6.54 Å². The molecule has 10 heteroatoms. The van der Waals surface area contributed by atoms with Gasteiger partial charge in [-0.1, -0.05) is 12.1 Å². The first kappa shape index (κ1) is 21.2. The SMILES string of the molecule is Cc1cccc(C(=O)N2CCCC2(C)c2nc3ccc(C(F)(F)F)cc3[nH]2)c1-n1nccn1. The molecule has 33 heavy (non-hydrogen) atoms. The van der Waals surface area contributed by atoms with Crippen LogP contribution in [-0.4, -0.2) is 42.3 Å². The third-order valence-electron chi connectivity index (χ3n) is 6.29. The maximum atomic E-state index is 13.8. The first-order valence-corrected chi connectivity index (χ1v) is 10.5. The lowest BCUT2D eigenvalue weighted by molar-refractivity contribution is -0.137. The smallest absolute Gasteiger partial charge is 0.340 e. The van der Waals surface area contributed by atoms with Gasteiger partial charge in [-0.3, -0.25) is 4.79 Å². The minimum atomic E-state index is -4.44. The third-order valence-corrected chi connectivity index (χ3v) is 6.29. The molecule has 1 aliphatic rings. The van der Waals surface area contributed by atoms with E-state index in [9.17, 15) is 18.0 Å². The van der Waals surface area contributed by atoms with E-state index in [0.29, 0.717) is 35.6 Å². The number of hydrogen-bond donors (Lipinski definition) is 1. The molecule has 170 valence electrons. The highest BCUT2D eigenvalue weighted by Crippen LogP contribution is 2.40. The van der Waals surface area contributed by atoms with Gasteiger partial charge in [-0.2, -0.15) is 28.2 Å². The Kier molecular flexibility index (Phi) is 4.77. The summed E-state index contributed by atoms with van der Waals surface area (Å²) < 4.78 is 39.4. The number of alkyl halides is 3. The van der Waals surface area contributed by atoms with Crippen LogP contribution in [0.25, 0.3) is 16.7 Å². The van der Waals surface area contributed by atoms with Crippen LogP contribution in [0.15, 0.2) is 48.8 Å². The number of fused-ring (bicyclic) bond motifs is 1. The van der Waals surface area contributed by atoms with E-state index >= 15 is 0 Å². The number of carbonyl (C=O) groups is 1. The Balaban J connectivity index is 1.56. The van der Waals surface area contributed by atoms with E-state index in [4.69, 9.17) is 0 Å². The number of benzene rings is 2. The van der Waals surface area contributed by atoms with Gasteiger partial charge in [0.1, 0.15) is 11.5 Å². The minimum Gasteiger partial charge on any atom is -0.340 e. The Morgan fingerprint density at radius 3 is 2.64 bits per heavy atom. The minimum absolute atomic E-state index is 0.206. The summed E-state index contributed by atoms with van der Waals surface area (Å²) in [4.78, 5) is 24.5. The van der Waals surface area contributed by atoms with Crippen molar-refractivity contribution in [3.05, 3.63) is 71.3 Å². The van der Waals surface area contributed by atoms with Crippen molar-refractivity contribution in [2.24, 2.45) is 0 Å². The number of H-pyrrole nitrogens is 1. The second kappa shape index (κ2) is 7.43. The molecule has 1 fully saturated rings. The van der Waals surface area contributed by atoms with Crippen LogP contribution in [0.4, 0.5) is 13.2 Å². The fourth-order valence-corrected chi connectivity index (χ4v) is 4.55. The van der Waals surface area contributed by atoms with Gasteiger partial charge < -0.3 is 9.88 Å². The maximum absolute atomic E-state index is 13.8. The van der Waals surface area contributed by atoms with E-state index in [1.54, 1.807) is 23.4 Å². The standard InChI is InChI=1S/C23H21F3N6O/c1-14-5-3-6-16(19(14)32-27-10-11-28-32)20(33)31-12-4-9-22(31,2)21-29-17-8-7-15(23(24,25)26)13-18(17)30-21/h3,5-8,10-11,13H,4,9,12H2,1-2H3,(H,29,30). The lowest BCUT2D eigenvalue weighted by Crippen LogP contribution is -2.44. The molecule has 1 amide bonds. The van der Waals surface area contributed by atoms with Crippen molar-refractivity contribution < 1.29 is 18.0 Å². The number of hydrogen-bond acceptors (Lipinski definition) is 4. The van der Waals surface area contributed by atoms with Gasteiger partial charge in [0.15, 0.2) is 0 Å². The van der Waals surface area contributed by atoms with E-state index in [2.05, 4.69) is 20.2 Å². The average Bonchev–Trinajstić information content (AvgIpc) is 3.51. The Bertz CT molecular complexity index is 1340. The second-order valence-electron chi connectivity index (χ2n) is 8.44. The number of rotatable bonds is 3. The summed E-state index contributed by atoms with van der Waals surface area (Å²) in [5.74, 6) is 0.261. The highest BCUT2D eigenvalue weighted by molar-refractivity contribution is 5.99. The highest BCUT2D eigenvalue weighted by atomic mass is 19.4. The predicted octanol–water partition coefficient (Wildman–Crippen LogP) is 4.62. The molecule has 3 heterocycles. The number of aryl methyl sites for hydroxylation is 1. The molecule has 0 bridgehead atoms. The highest BCUT2D eigenvalue weighted by Gasteiger charge is 2.44. The summed E-state index contributed by atoms with van der Waals surface area (Å²) in [6, 6.07) is 8.85. The van der Waals surface area contributed by atoms with Gasteiger partial charge in [0.25, 0.3) is 5.91 Å². The molecule has 1 saturated heterocycles. The van der Waals surface area contributed by atoms with Crippen molar-refractivity contribution in [3.8, 4) is 5.69 Å². The molecular weight excluding hydrogens is 433 g/mol. The van der Waals surface area contributed by atoms with E-state index in [1.165, 1.54) is 10.9 Å². The quantitative estimate of drug-likeness (QED) is 0.490. The van der Waals surface area contributed by atoms with E-state index < -0.39 is 17.3 Å². The summed E-state index contributed by atoms with van der Waals surface area (Å²) in [7, 11) is 0. The molecule has 0 saturated carbocycles. The fourth-order valence-electron chi connectivity index (χ4n) is 4.55. The Labute approximate surface area is 187 Å². The van der Waals surface area contributed by atoms with Crippen molar-refractivity contribution in [1.82, 2.24) is 29.9 Å². The van der Waals surface area contributed by atoms with Crippen LogP contribution >= 0.6 is 0 Å². The second-order valence-corrected chi connectivity index (χ2v) is 8.44. The zero-order valence-electron chi connectivity index (χ0n) is 18.0. The first-order chi connectivity index (χ1) is 15.7. The molecule has 1 atom stereocenters. The first-order valence-electron chi connectivity index (χ1n) is 10.5. The Morgan fingerprint density at radius 1 is 1.15 bits per heavy atom. The van der Waals surface area contributed by atoms with Crippen LogP contribution in [0.2, 0.25) is 0 Å². The van der Waals surface area contributed by atoms with Crippen LogP contribution in [0, 0.1) is 6.92 Å². The van der Waals surface area contributed by atoms with Gasteiger partial charge in [-0.15, -0.1) is 0 Å².